The van der Waals surface area contributed by atoms with Crippen molar-refractivity contribution in [3.05, 3.63) is 0 Å². The van der Waals surface area contributed by atoms with Crippen molar-refractivity contribution < 1.29 is 4.79 Å². The number of hydrogen-bond donors (Lipinski definition) is 0. The first kappa shape index (κ1) is 9.44. The third-order valence-electron chi connectivity index (χ3n) is 0.988. The molecular formula is C6H10BrClO. The van der Waals surface area contributed by atoms with Crippen molar-refractivity contribution in [1.29, 1.82) is 0 Å². The zero-order valence-corrected chi connectivity index (χ0v) is 7.54. The molecular weight excluding hydrogens is 203 g/mol. The van der Waals surface area contributed by atoms with Gasteiger partial charge >= 0.3 is 0 Å². The highest BCUT2D eigenvalue weighted by Crippen LogP contribution is 1.99. The van der Waals surface area contributed by atoms with Gasteiger partial charge in [0.1, 0.15) is 5.78 Å². The Labute approximate surface area is 68.9 Å². The van der Waals surface area contributed by atoms with Gasteiger partial charge in [0, 0.05) is 12.3 Å². The predicted molar refractivity (Wildman–Crippen MR) is 43.4 cm³/mol. The van der Waals surface area contributed by atoms with E-state index in [1.807, 2.05) is 0 Å². The molecule has 0 aliphatic heterocycles. The minimum absolute atomic E-state index is 0.264. The van der Waals surface area contributed by atoms with Crippen LogP contribution in [0.1, 0.15) is 19.3 Å². The number of Topliss-reactive ketones (excluding diaryl/α,β-unsaturated/α-hetero) is 1. The molecule has 0 saturated heterocycles. The quantitative estimate of drug-likeness (QED) is 0.506. The molecule has 0 aromatic carbocycles. The Morgan fingerprint density at radius 3 is 2.56 bits per heavy atom. The fourth-order valence-electron chi connectivity index (χ4n) is 0.483. The lowest BCUT2D eigenvalue weighted by molar-refractivity contribution is -0.116. The van der Waals surface area contributed by atoms with Gasteiger partial charge in [0.15, 0.2) is 0 Å². The highest BCUT2D eigenvalue weighted by molar-refractivity contribution is 9.09. The van der Waals surface area contributed by atoms with Crippen LogP contribution in [-0.2, 0) is 4.79 Å². The molecule has 0 radical (unpaired) electrons. The third kappa shape index (κ3) is 6.32. The maximum Gasteiger partial charge on any atom is 0.143 e. The predicted octanol–water partition coefficient (Wildman–Crippen LogP) is 2.36. The van der Waals surface area contributed by atoms with Gasteiger partial charge in [-0.1, -0.05) is 15.9 Å². The second kappa shape index (κ2) is 6.56. The van der Waals surface area contributed by atoms with Crippen molar-refractivity contribution in [3.8, 4) is 0 Å². The molecule has 3 heteroatoms. The SMILES string of the molecule is O=C(CBr)CCCCCl. The highest BCUT2D eigenvalue weighted by Gasteiger charge is 1.96. The molecule has 0 fully saturated rings. The van der Waals surface area contributed by atoms with E-state index in [2.05, 4.69) is 15.9 Å². The zero-order chi connectivity index (χ0) is 7.11. The van der Waals surface area contributed by atoms with Gasteiger partial charge < -0.3 is 0 Å². The number of rotatable bonds is 5. The van der Waals surface area contributed by atoms with E-state index in [1.54, 1.807) is 0 Å². The summed E-state index contributed by atoms with van der Waals surface area (Å²) in [4.78, 5) is 10.6. The van der Waals surface area contributed by atoms with Crippen LogP contribution >= 0.6 is 27.5 Å². The number of hydrogen-bond acceptors (Lipinski definition) is 1. The standard InChI is InChI=1S/C6H10BrClO/c7-5-6(9)3-1-2-4-8/h1-5H2. The monoisotopic (exact) mass is 212 g/mol. The number of unbranched alkanes of at least 4 members (excludes halogenated alkanes) is 1. The molecule has 0 aliphatic carbocycles. The van der Waals surface area contributed by atoms with E-state index in [0.717, 1.165) is 12.8 Å². The second-order valence-electron chi connectivity index (χ2n) is 1.82. The fraction of sp³-hybridized carbons (Fsp3) is 0.833. The number of ketones is 1. The van der Waals surface area contributed by atoms with Crippen molar-refractivity contribution in [2.45, 2.75) is 19.3 Å². The summed E-state index contributed by atoms with van der Waals surface area (Å²) in [6.45, 7) is 0. The summed E-state index contributed by atoms with van der Waals surface area (Å²) >= 11 is 8.49. The van der Waals surface area contributed by atoms with Crippen molar-refractivity contribution in [3.63, 3.8) is 0 Å². The van der Waals surface area contributed by atoms with E-state index in [0.29, 0.717) is 17.6 Å². The van der Waals surface area contributed by atoms with Gasteiger partial charge in [0.2, 0.25) is 0 Å². The number of alkyl halides is 2. The maximum absolute atomic E-state index is 10.6. The molecule has 0 aromatic rings. The highest BCUT2D eigenvalue weighted by atomic mass is 79.9. The molecule has 0 N–H and O–H groups in total. The molecule has 0 amide bonds. The van der Waals surface area contributed by atoms with Gasteiger partial charge in [-0.15, -0.1) is 11.6 Å². The molecule has 0 aromatic heterocycles. The van der Waals surface area contributed by atoms with Gasteiger partial charge in [0.25, 0.3) is 0 Å². The summed E-state index contributed by atoms with van der Waals surface area (Å²) < 4.78 is 0. The number of carbonyl (C=O) groups excluding carboxylic acids is 1. The van der Waals surface area contributed by atoms with Gasteiger partial charge in [0.05, 0.1) is 5.33 Å². The van der Waals surface area contributed by atoms with E-state index < -0.39 is 0 Å². The number of halogens is 2. The minimum atomic E-state index is 0.264. The van der Waals surface area contributed by atoms with Gasteiger partial charge in [-0.25, -0.2) is 0 Å². The molecule has 0 atom stereocenters. The lowest BCUT2D eigenvalue weighted by Crippen LogP contribution is -1.97. The maximum atomic E-state index is 10.6. The minimum Gasteiger partial charge on any atom is -0.299 e. The van der Waals surface area contributed by atoms with E-state index in [1.165, 1.54) is 0 Å². The summed E-state index contributed by atoms with van der Waals surface area (Å²) in [5.41, 5.74) is 0. The molecule has 0 spiro atoms. The van der Waals surface area contributed by atoms with Crippen LogP contribution in [0, 0.1) is 0 Å². The summed E-state index contributed by atoms with van der Waals surface area (Å²) in [7, 11) is 0. The lowest BCUT2D eigenvalue weighted by Gasteiger charge is -1.92. The van der Waals surface area contributed by atoms with E-state index in [4.69, 9.17) is 11.6 Å². The Bertz CT molecular complexity index is 85.1. The van der Waals surface area contributed by atoms with Crippen LogP contribution in [-0.4, -0.2) is 17.0 Å². The van der Waals surface area contributed by atoms with Crippen LogP contribution in [0.2, 0.25) is 0 Å². The Balaban J connectivity index is 2.97. The van der Waals surface area contributed by atoms with Crippen molar-refractivity contribution in [1.82, 2.24) is 0 Å². The van der Waals surface area contributed by atoms with Crippen molar-refractivity contribution >= 4 is 33.3 Å². The average molecular weight is 214 g/mol. The summed E-state index contributed by atoms with van der Waals surface area (Å²) in [6.07, 6.45) is 2.53. The van der Waals surface area contributed by atoms with E-state index in [-0.39, 0.29) is 5.78 Å². The first-order valence-electron chi connectivity index (χ1n) is 2.95. The van der Waals surface area contributed by atoms with Crippen molar-refractivity contribution in [2.75, 3.05) is 11.2 Å². The van der Waals surface area contributed by atoms with Crippen LogP contribution in [0.5, 0.6) is 0 Å². The summed E-state index contributed by atoms with van der Waals surface area (Å²) in [5, 5.41) is 0.481. The molecule has 0 rings (SSSR count). The van der Waals surface area contributed by atoms with Gasteiger partial charge in [-0.05, 0) is 12.8 Å². The first-order valence-corrected chi connectivity index (χ1v) is 4.60. The Morgan fingerprint density at radius 1 is 1.44 bits per heavy atom. The molecule has 0 saturated carbocycles. The Morgan fingerprint density at radius 2 is 2.11 bits per heavy atom. The van der Waals surface area contributed by atoms with Crippen LogP contribution in [0.4, 0.5) is 0 Å². The average Bonchev–Trinajstić information content (AvgIpc) is 1.89. The molecule has 9 heavy (non-hydrogen) atoms. The molecule has 0 bridgehead atoms. The van der Waals surface area contributed by atoms with Gasteiger partial charge in [-0.3, -0.25) is 4.79 Å². The Kier molecular flexibility index (Phi) is 6.88. The molecule has 0 aliphatic rings. The fourth-order valence-corrected chi connectivity index (χ4v) is 0.953. The van der Waals surface area contributed by atoms with Gasteiger partial charge in [-0.2, -0.15) is 0 Å². The van der Waals surface area contributed by atoms with Crippen LogP contribution in [0.15, 0.2) is 0 Å². The molecule has 1 nitrogen and oxygen atoms in total. The largest absolute Gasteiger partial charge is 0.299 e. The van der Waals surface area contributed by atoms with Crippen molar-refractivity contribution in [2.24, 2.45) is 0 Å². The molecule has 0 unspecified atom stereocenters. The molecule has 54 valence electrons. The smallest absolute Gasteiger partial charge is 0.143 e. The lowest BCUT2D eigenvalue weighted by atomic mass is 10.2. The summed E-state index contributed by atoms with van der Waals surface area (Å²) in [5.74, 6) is 0.926. The first-order chi connectivity index (χ1) is 4.31. The normalized spacial score (nSPS) is 9.56. The van der Waals surface area contributed by atoms with Crippen LogP contribution < -0.4 is 0 Å². The zero-order valence-electron chi connectivity index (χ0n) is 5.20. The van der Waals surface area contributed by atoms with E-state index in [9.17, 15) is 4.79 Å². The summed E-state index contributed by atoms with van der Waals surface area (Å²) in [6, 6.07) is 0. The molecule has 0 heterocycles. The second-order valence-corrected chi connectivity index (χ2v) is 2.76. The Hall–Kier alpha value is 0.440. The number of carbonyl (C=O) groups is 1. The van der Waals surface area contributed by atoms with E-state index >= 15 is 0 Å². The van der Waals surface area contributed by atoms with Crippen LogP contribution in [0.3, 0.4) is 0 Å². The van der Waals surface area contributed by atoms with Crippen LogP contribution in [0.25, 0.3) is 0 Å². The topological polar surface area (TPSA) is 17.1 Å². The third-order valence-corrected chi connectivity index (χ3v) is 1.88.